The number of methoxy groups -OCH3 is 1. The molecule has 0 aromatic heterocycles. The Kier molecular flexibility index (Phi) is 14.9. The van der Waals surface area contributed by atoms with Crippen molar-refractivity contribution in [1.29, 1.82) is 0 Å². The van der Waals surface area contributed by atoms with E-state index < -0.39 is 0 Å². The van der Waals surface area contributed by atoms with Crippen molar-refractivity contribution in [2.24, 2.45) is 21.7 Å². The van der Waals surface area contributed by atoms with Crippen LogP contribution in [0.25, 0.3) is 0 Å². The molecule has 0 bridgehead atoms. The molecule has 170 valence electrons. The number of carbonyl (C=O) groups excluding carboxylic acids is 2. The third-order valence-electron chi connectivity index (χ3n) is 6.25. The van der Waals surface area contributed by atoms with Crippen molar-refractivity contribution in [3.05, 3.63) is 0 Å². The topological polar surface area (TPSA) is 52.6 Å². The normalized spacial score (nSPS) is 12.1. The number of esters is 2. The number of hydrogen-bond donors (Lipinski definition) is 0. The lowest BCUT2D eigenvalue weighted by Crippen LogP contribution is -2.28. The highest BCUT2D eigenvalue weighted by Crippen LogP contribution is 2.40. The van der Waals surface area contributed by atoms with E-state index in [1.54, 1.807) is 0 Å². The lowest BCUT2D eigenvalue weighted by atomic mass is 9.68. The molecule has 0 rings (SSSR count). The predicted molar refractivity (Wildman–Crippen MR) is 120 cm³/mol. The largest absolute Gasteiger partial charge is 0.469 e. The number of carbonyl (C=O) groups is 2. The van der Waals surface area contributed by atoms with Crippen LogP contribution in [0, 0.1) is 21.7 Å². The van der Waals surface area contributed by atoms with Crippen molar-refractivity contribution < 1.29 is 19.1 Å². The van der Waals surface area contributed by atoms with Crippen LogP contribution in [0.2, 0.25) is 0 Å². The molecule has 0 atom stereocenters. The second-order valence-corrected chi connectivity index (χ2v) is 10.2. The summed E-state index contributed by atoms with van der Waals surface area (Å²) in [5.74, 6) is -0.234. The van der Waals surface area contributed by atoms with Gasteiger partial charge in [0.25, 0.3) is 0 Å². The Labute approximate surface area is 176 Å². The van der Waals surface area contributed by atoms with Gasteiger partial charge in [0.2, 0.25) is 0 Å². The molecule has 4 heteroatoms. The summed E-state index contributed by atoms with van der Waals surface area (Å²) >= 11 is 0. The highest BCUT2D eigenvalue weighted by molar-refractivity contribution is 5.76. The highest BCUT2D eigenvalue weighted by atomic mass is 16.5. The van der Waals surface area contributed by atoms with Gasteiger partial charge in [-0.3, -0.25) is 9.59 Å². The first-order chi connectivity index (χ1) is 12.4. The average molecular weight is 403 g/mol. The predicted octanol–water partition coefficient (Wildman–Crippen LogP) is 7.05. The van der Waals surface area contributed by atoms with E-state index in [1.807, 2.05) is 48.5 Å². The van der Waals surface area contributed by atoms with Gasteiger partial charge in [0, 0.05) is 0 Å². The van der Waals surface area contributed by atoms with Crippen LogP contribution >= 0.6 is 0 Å². The van der Waals surface area contributed by atoms with Crippen molar-refractivity contribution in [2.45, 2.75) is 109 Å². The third kappa shape index (κ3) is 12.4. The summed E-state index contributed by atoms with van der Waals surface area (Å²) in [6, 6.07) is 0. The summed E-state index contributed by atoms with van der Waals surface area (Å²) < 4.78 is 9.43. The number of ether oxygens (including phenoxy) is 2. The zero-order chi connectivity index (χ0) is 23.4. The van der Waals surface area contributed by atoms with Gasteiger partial charge in [-0.15, -0.1) is 0 Å². The standard InChI is InChI=1S/C9H20.C8H16O2.C7H14O2/c1-7-9(5,6)8(2,3)4;1-5-8(3,4)7(9)10-6-2;1-5-7(2,3)6(8)9-4/h7H2,1-6H3;5-6H2,1-4H3;5H2,1-4H3. The van der Waals surface area contributed by atoms with E-state index in [2.05, 4.69) is 46.3 Å². The summed E-state index contributed by atoms with van der Waals surface area (Å²) in [7, 11) is 1.42. The molecular formula is C24H50O4. The molecule has 0 amide bonds. The van der Waals surface area contributed by atoms with Gasteiger partial charge in [0.05, 0.1) is 24.5 Å². The summed E-state index contributed by atoms with van der Waals surface area (Å²) in [5.41, 5.74) is 0.305. The first-order valence-corrected chi connectivity index (χ1v) is 10.7. The van der Waals surface area contributed by atoms with E-state index in [4.69, 9.17) is 4.74 Å². The fourth-order valence-electron chi connectivity index (χ4n) is 1.42. The van der Waals surface area contributed by atoms with Crippen molar-refractivity contribution >= 4 is 11.9 Å². The number of hydrogen-bond acceptors (Lipinski definition) is 4. The summed E-state index contributed by atoms with van der Waals surface area (Å²) in [5, 5.41) is 0. The molecule has 4 nitrogen and oxygen atoms in total. The van der Waals surface area contributed by atoms with Gasteiger partial charge in [0.1, 0.15) is 0 Å². The van der Waals surface area contributed by atoms with E-state index in [9.17, 15) is 9.59 Å². The van der Waals surface area contributed by atoms with Crippen LogP contribution in [0.5, 0.6) is 0 Å². The highest BCUT2D eigenvalue weighted by Gasteiger charge is 2.30. The Morgan fingerprint density at radius 2 is 1.00 bits per heavy atom. The van der Waals surface area contributed by atoms with Crippen LogP contribution in [0.1, 0.15) is 109 Å². The maximum Gasteiger partial charge on any atom is 0.311 e. The van der Waals surface area contributed by atoms with Gasteiger partial charge < -0.3 is 9.47 Å². The van der Waals surface area contributed by atoms with Crippen LogP contribution in [0.3, 0.4) is 0 Å². The molecule has 28 heavy (non-hydrogen) atoms. The molecule has 0 saturated heterocycles. The molecule has 0 aliphatic carbocycles. The summed E-state index contributed by atoms with van der Waals surface area (Å²) in [6.45, 7) is 27.6. The molecule has 0 heterocycles. The Morgan fingerprint density at radius 1 is 0.643 bits per heavy atom. The molecular weight excluding hydrogens is 352 g/mol. The maximum absolute atomic E-state index is 11.1. The van der Waals surface area contributed by atoms with Crippen molar-refractivity contribution in [3.63, 3.8) is 0 Å². The molecule has 0 saturated carbocycles. The third-order valence-corrected chi connectivity index (χ3v) is 6.25. The van der Waals surface area contributed by atoms with Gasteiger partial charge >= 0.3 is 11.9 Å². The van der Waals surface area contributed by atoms with Crippen LogP contribution in [0.15, 0.2) is 0 Å². The Balaban J connectivity index is -0.000000336. The maximum atomic E-state index is 11.1. The zero-order valence-corrected chi connectivity index (χ0v) is 21.5. The summed E-state index contributed by atoms with van der Waals surface area (Å²) in [4.78, 5) is 21.9. The van der Waals surface area contributed by atoms with E-state index in [0.29, 0.717) is 17.4 Å². The molecule has 0 radical (unpaired) electrons. The van der Waals surface area contributed by atoms with Crippen LogP contribution in [-0.4, -0.2) is 25.7 Å². The molecule has 0 fully saturated rings. The average Bonchev–Trinajstić information content (AvgIpc) is 2.61. The smallest absolute Gasteiger partial charge is 0.311 e. The van der Waals surface area contributed by atoms with Gasteiger partial charge in [-0.05, 0) is 58.3 Å². The lowest BCUT2D eigenvalue weighted by Gasteiger charge is -2.37. The molecule has 0 aliphatic rings. The van der Waals surface area contributed by atoms with Crippen molar-refractivity contribution in [2.75, 3.05) is 13.7 Å². The van der Waals surface area contributed by atoms with E-state index in [-0.39, 0.29) is 22.8 Å². The Hall–Kier alpha value is -1.06. The van der Waals surface area contributed by atoms with Gasteiger partial charge in [-0.25, -0.2) is 0 Å². The lowest BCUT2D eigenvalue weighted by molar-refractivity contribution is -0.153. The second kappa shape index (κ2) is 13.2. The van der Waals surface area contributed by atoms with Crippen molar-refractivity contribution in [1.82, 2.24) is 0 Å². The van der Waals surface area contributed by atoms with E-state index in [1.165, 1.54) is 13.5 Å². The minimum absolute atomic E-state index is 0.0995. The molecule has 0 N–H and O–H groups in total. The van der Waals surface area contributed by atoms with Gasteiger partial charge in [0.15, 0.2) is 0 Å². The Morgan fingerprint density at radius 3 is 1.14 bits per heavy atom. The van der Waals surface area contributed by atoms with E-state index in [0.717, 1.165) is 12.8 Å². The molecule has 0 aromatic carbocycles. The molecule has 0 unspecified atom stereocenters. The minimum Gasteiger partial charge on any atom is -0.469 e. The summed E-state index contributed by atoms with van der Waals surface area (Å²) in [6.07, 6.45) is 2.90. The van der Waals surface area contributed by atoms with Crippen molar-refractivity contribution in [3.8, 4) is 0 Å². The SMILES string of the molecule is CCC(C)(C)C(=O)OC.CCC(C)(C)C(C)(C)C.CCOC(=O)C(C)(C)CC. The number of rotatable bonds is 6. The molecule has 0 aliphatic heterocycles. The van der Waals surface area contributed by atoms with Crippen LogP contribution in [0.4, 0.5) is 0 Å². The van der Waals surface area contributed by atoms with Gasteiger partial charge in [-0.2, -0.15) is 0 Å². The second-order valence-electron chi connectivity index (χ2n) is 10.2. The zero-order valence-electron chi connectivity index (χ0n) is 21.5. The fraction of sp³-hybridized carbons (Fsp3) is 0.917. The molecule has 0 spiro atoms. The first kappa shape index (κ1) is 31.6. The Bertz CT molecular complexity index is 440. The van der Waals surface area contributed by atoms with Crippen LogP contribution in [-0.2, 0) is 19.1 Å². The quantitative estimate of drug-likeness (QED) is 0.447. The van der Waals surface area contributed by atoms with Gasteiger partial charge in [-0.1, -0.05) is 61.8 Å². The fourth-order valence-corrected chi connectivity index (χ4v) is 1.42. The van der Waals surface area contributed by atoms with E-state index >= 15 is 0 Å². The minimum atomic E-state index is -0.311. The molecule has 0 aromatic rings. The van der Waals surface area contributed by atoms with Crippen LogP contribution < -0.4 is 0 Å². The monoisotopic (exact) mass is 402 g/mol. The first-order valence-electron chi connectivity index (χ1n) is 10.7.